The Morgan fingerprint density at radius 2 is 2.19 bits per heavy atom. The lowest BCUT2D eigenvalue weighted by Crippen LogP contribution is -2.03. The van der Waals surface area contributed by atoms with Crippen LogP contribution in [0.3, 0.4) is 0 Å². The van der Waals surface area contributed by atoms with E-state index < -0.39 is 0 Å². The summed E-state index contributed by atoms with van der Waals surface area (Å²) < 4.78 is 4.66. The second-order valence-electron chi connectivity index (χ2n) is 4.65. The van der Waals surface area contributed by atoms with Crippen molar-refractivity contribution in [2.75, 3.05) is 12.4 Å². The molecule has 3 rings (SSSR count). The first kappa shape index (κ1) is 13.2. The first-order valence-electron chi connectivity index (χ1n) is 6.61. The monoisotopic (exact) mass is 281 g/mol. The summed E-state index contributed by atoms with van der Waals surface area (Å²) in [5, 5.41) is 4.40. The van der Waals surface area contributed by atoms with Crippen LogP contribution in [0.25, 0.3) is 10.9 Å². The van der Waals surface area contributed by atoms with E-state index in [1.165, 1.54) is 7.11 Å². The summed E-state index contributed by atoms with van der Waals surface area (Å²) in [7, 11) is 1.37. The fourth-order valence-corrected chi connectivity index (χ4v) is 2.16. The summed E-state index contributed by atoms with van der Waals surface area (Å²) in [4.78, 5) is 18.7. The molecule has 0 aliphatic heterocycles. The Labute approximate surface area is 122 Å². The number of anilines is 1. The molecule has 0 saturated carbocycles. The van der Waals surface area contributed by atoms with E-state index in [1.807, 2.05) is 36.4 Å². The molecule has 2 heterocycles. The molecule has 0 fully saturated rings. The summed E-state index contributed by atoms with van der Waals surface area (Å²) in [6.07, 6.45) is 1.78. The molecule has 5 heteroatoms. The second kappa shape index (κ2) is 5.66. The molecular formula is C16H15N3O2. The van der Waals surface area contributed by atoms with Gasteiger partial charge in [0.15, 0.2) is 0 Å². The number of nitrogens with zero attached hydrogens (tertiary/aromatic N) is 1. The van der Waals surface area contributed by atoms with Crippen LogP contribution in [-0.4, -0.2) is 23.0 Å². The van der Waals surface area contributed by atoms with Crippen molar-refractivity contribution in [1.82, 2.24) is 9.97 Å². The third-order valence-corrected chi connectivity index (χ3v) is 3.24. The van der Waals surface area contributed by atoms with Crippen LogP contribution in [0.4, 0.5) is 5.69 Å². The molecule has 5 nitrogen and oxygen atoms in total. The molecule has 1 aromatic carbocycles. The van der Waals surface area contributed by atoms with Crippen molar-refractivity contribution in [2.45, 2.75) is 6.54 Å². The van der Waals surface area contributed by atoms with Gasteiger partial charge in [-0.15, -0.1) is 0 Å². The first-order valence-corrected chi connectivity index (χ1v) is 6.61. The predicted molar refractivity (Wildman–Crippen MR) is 81.2 cm³/mol. The van der Waals surface area contributed by atoms with Crippen molar-refractivity contribution in [3.05, 3.63) is 60.0 Å². The number of methoxy groups -OCH3 is 1. The van der Waals surface area contributed by atoms with E-state index in [-0.39, 0.29) is 5.97 Å². The number of rotatable bonds is 4. The van der Waals surface area contributed by atoms with Crippen molar-refractivity contribution in [1.29, 1.82) is 0 Å². The van der Waals surface area contributed by atoms with E-state index in [4.69, 9.17) is 0 Å². The number of nitrogens with one attached hydrogen (secondary N) is 2. The minimum Gasteiger partial charge on any atom is -0.464 e. The fourth-order valence-electron chi connectivity index (χ4n) is 2.16. The van der Waals surface area contributed by atoms with Gasteiger partial charge in [0.2, 0.25) is 0 Å². The molecular weight excluding hydrogens is 266 g/mol. The van der Waals surface area contributed by atoms with Gasteiger partial charge in [0.25, 0.3) is 0 Å². The topological polar surface area (TPSA) is 67.0 Å². The first-order chi connectivity index (χ1) is 10.3. The number of benzene rings is 1. The van der Waals surface area contributed by atoms with Gasteiger partial charge in [-0.1, -0.05) is 6.07 Å². The molecule has 21 heavy (non-hydrogen) atoms. The van der Waals surface area contributed by atoms with Crippen LogP contribution in [0, 0.1) is 0 Å². The number of H-pyrrole nitrogens is 1. The number of carbonyl (C=O) groups excluding carboxylic acids is 1. The Morgan fingerprint density at radius 1 is 1.29 bits per heavy atom. The molecule has 0 atom stereocenters. The molecule has 0 spiro atoms. The Morgan fingerprint density at radius 3 is 3.05 bits per heavy atom. The second-order valence-corrected chi connectivity index (χ2v) is 4.65. The molecule has 0 aliphatic carbocycles. The van der Waals surface area contributed by atoms with Crippen LogP contribution in [0.2, 0.25) is 0 Å². The lowest BCUT2D eigenvalue weighted by molar-refractivity contribution is 0.0594. The van der Waals surface area contributed by atoms with Crippen molar-refractivity contribution in [2.24, 2.45) is 0 Å². The molecule has 0 unspecified atom stereocenters. The highest BCUT2D eigenvalue weighted by atomic mass is 16.5. The number of hydrogen-bond acceptors (Lipinski definition) is 4. The largest absolute Gasteiger partial charge is 0.464 e. The summed E-state index contributed by atoms with van der Waals surface area (Å²) in [5.41, 5.74) is 3.35. The molecule has 0 aliphatic rings. The number of aromatic amines is 1. The van der Waals surface area contributed by atoms with Gasteiger partial charge in [0.05, 0.1) is 19.2 Å². The molecule has 106 valence electrons. The van der Waals surface area contributed by atoms with Crippen LogP contribution >= 0.6 is 0 Å². The van der Waals surface area contributed by atoms with Crippen molar-refractivity contribution < 1.29 is 9.53 Å². The van der Waals surface area contributed by atoms with Crippen LogP contribution in [-0.2, 0) is 11.3 Å². The fraction of sp³-hybridized carbons (Fsp3) is 0.125. The molecule has 0 saturated heterocycles. The smallest absolute Gasteiger partial charge is 0.354 e. The average molecular weight is 281 g/mol. The molecule has 0 amide bonds. The molecule has 0 radical (unpaired) electrons. The lowest BCUT2D eigenvalue weighted by atomic mass is 10.2. The number of fused-ring (bicyclic) bond motifs is 1. The SMILES string of the molecule is COC(=O)c1ccc(CNc2ccc3ncccc3c2)[nH]1. The van der Waals surface area contributed by atoms with Gasteiger partial charge >= 0.3 is 5.97 Å². The quantitative estimate of drug-likeness (QED) is 0.721. The zero-order valence-electron chi connectivity index (χ0n) is 11.6. The number of pyridine rings is 1. The number of esters is 1. The Kier molecular flexibility index (Phi) is 3.55. The number of carbonyl (C=O) groups is 1. The van der Waals surface area contributed by atoms with Crippen LogP contribution in [0.15, 0.2) is 48.7 Å². The zero-order chi connectivity index (χ0) is 14.7. The summed E-state index contributed by atoms with van der Waals surface area (Å²) in [6.45, 7) is 0.600. The highest BCUT2D eigenvalue weighted by Gasteiger charge is 2.07. The predicted octanol–water partition coefficient (Wildman–Crippen LogP) is 2.96. The average Bonchev–Trinajstić information content (AvgIpc) is 3.01. The maximum atomic E-state index is 11.4. The molecule has 3 aromatic rings. The van der Waals surface area contributed by atoms with Gasteiger partial charge in [0, 0.05) is 23.0 Å². The normalized spacial score (nSPS) is 10.5. The minimum absolute atomic E-state index is 0.363. The molecule has 0 bridgehead atoms. The third kappa shape index (κ3) is 2.86. The van der Waals surface area contributed by atoms with Gasteiger partial charge in [-0.3, -0.25) is 4.98 Å². The van der Waals surface area contributed by atoms with E-state index in [0.717, 1.165) is 22.3 Å². The molecule has 2 aromatic heterocycles. The van der Waals surface area contributed by atoms with E-state index >= 15 is 0 Å². The number of hydrogen-bond donors (Lipinski definition) is 2. The van der Waals surface area contributed by atoms with Gasteiger partial charge in [-0.25, -0.2) is 4.79 Å². The third-order valence-electron chi connectivity index (χ3n) is 3.24. The van der Waals surface area contributed by atoms with E-state index in [2.05, 4.69) is 20.0 Å². The molecule has 2 N–H and O–H groups in total. The maximum Gasteiger partial charge on any atom is 0.354 e. The van der Waals surface area contributed by atoms with E-state index in [9.17, 15) is 4.79 Å². The number of ether oxygens (including phenoxy) is 1. The summed E-state index contributed by atoms with van der Waals surface area (Å²) >= 11 is 0. The number of aromatic nitrogens is 2. The Balaban J connectivity index is 1.71. The van der Waals surface area contributed by atoms with Gasteiger partial charge < -0.3 is 15.0 Å². The standard InChI is InChI=1S/C16H15N3O2/c1-21-16(20)15-7-5-13(19-15)10-18-12-4-6-14-11(9-12)3-2-8-17-14/h2-9,18-19H,10H2,1H3. The van der Waals surface area contributed by atoms with Crippen molar-refractivity contribution >= 4 is 22.6 Å². The van der Waals surface area contributed by atoms with Gasteiger partial charge in [-0.2, -0.15) is 0 Å². The Bertz CT molecular complexity index is 780. The van der Waals surface area contributed by atoms with E-state index in [1.54, 1.807) is 12.3 Å². The summed E-state index contributed by atoms with van der Waals surface area (Å²) in [6, 6.07) is 13.5. The summed E-state index contributed by atoms with van der Waals surface area (Å²) in [5.74, 6) is -0.363. The maximum absolute atomic E-state index is 11.4. The van der Waals surface area contributed by atoms with Crippen molar-refractivity contribution in [3.8, 4) is 0 Å². The Hall–Kier alpha value is -2.82. The van der Waals surface area contributed by atoms with E-state index in [0.29, 0.717) is 12.2 Å². The van der Waals surface area contributed by atoms with Crippen LogP contribution in [0.5, 0.6) is 0 Å². The van der Waals surface area contributed by atoms with Crippen LogP contribution in [0.1, 0.15) is 16.2 Å². The van der Waals surface area contributed by atoms with Gasteiger partial charge in [-0.05, 0) is 36.4 Å². The highest BCUT2D eigenvalue weighted by molar-refractivity contribution is 5.87. The lowest BCUT2D eigenvalue weighted by Gasteiger charge is -2.06. The van der Waals surface area contributed by atoms with Crippen molar-refractivity contribution in [3.63, 3.8) is 0 Å². The zero-order valence-corrected chi connectivity index (χ0v) is 11.6. The van der Waals surface area contributed by atoms with Crippen LogP contribution < -0.4 is 5.32 Å². The highest BCUT2D eigenvalue weighted by Crippen LogP contribution is 2.17. The van der Waals surface area contributed by atoms with Gasteiger partial charge in [0.1, 0.15) is 5.69 Å². The minimum atomic E-state index is -0.363.